The first kappa shape index (κ1) is 14.7. The molecule has 1 aromatic carbocycles. The van der Waals surface area contributed by atoms with E-state index < -0.39 is 16.0 Å². The molecule has 0 atom stereocenters. The second-order valence-corrected chi connectivity index (χ2v) is 6.66. The van der Waals surface area contributed by atoms with Crippen molar-refractivity contribution in [3.05, 3.63) is 52.2 Å². The molecule has 0 saturated heterocycles. The summed E-state index contributed by atoms with van der Waals surface area (Å²) >= 11 is 1.33. The number of benzene rings is 1. The molecule has 0 aliphatic rings. The molecule has 0 saturated carbocycles. The SMILES string of the molecule is O=C(O)c1ccc(CCNS(=O)(=O)c2ccsc2)cc1. The van der Waals surface area contributed by atoms with Gasteiger partial charge in [-0.1, -0.05) is 12.1 Å². The Labute approximate surface area is 120 Å². The number of aromatic carboxylic acids is 1. The molecule has 0 spiro atoms. The first-order chi connectivity index (χ1) is 9.49. The minimum atomic E-state index is -3.44. The molecule has 106 valence electrons. The third kappa shape index (κ3) is 3.66. The molecule has 0 fully saturated rings. The maximum absolute atomic E-state index is 11.8. The Morgan fingerprint density at radius 1 is 1.20 bits per heavy atom. The summed E-state index contributed by atoms with van der Waals surface area (Å²) in [5.74, 6) is -0.977. The predicted molar refractivity (Wildman–Crippen MR) is 76.6 cm³/mol. The number of nitrogens with one attached hydrogen (secondary N) is 1. The summed E-state index contributed by atoms with van der Waals surface area (Å²) in [7, 11) is -3.44. The molecule has 1 heterocycles. The molecular formula is C13H13NO4S2. The van der Waals surface area contributed by atoms with Gasteiger partial charge in [-0.15, -0.1) is 0 Å². The van der Waals surface area contributed by atoms with Crippen molar-refractivity contribution in [1.82, 2.24) is 4.72 Å². The molecular weight excluding hydrogens is 298 g/mol. The van der Waals surface area contributed by atoms with Crippen LogP contribution in [0.15, 0.2) is 46.0 Å². The summed E-state index contributed by atoms with van der Waals surface area (Å²) in [4.78, 5) is 11.0. The predicted octanol–water partition coefficient (Wildman–Crippen LogP) is 1.97. The van der Waals surface area contributed by atoms with Crippen LogP contribution in [0.3, 0.4) is 0 Å². The Kier molecular flexibility index (Phi) is 4.53. The number of sulfonamides is 1. The highest BCUT2D eigenvalue weighted by Crippen LogP contribution is 2.12. The number of carboxylic acid groups (broad SMARTS) is 1. The summed E-state index contributed by atoms with van der Waals surface area (Å²) in [6, 6.07) is 7.93. The van der Waals surface area contributed by atoms with Gasteiger partial charge in [-0.2, -0.15) is 11.3 Å². The number of thiophene rings is 1. The van der Waals surface area contributed by atoms with Crippen LogP contribution in [0.1, 0.15) is 15.9 Å². The van der Waals surface area contributed by atoms with E-state index in [-0.39, 0.29) is 17.0 Å². The van der Waals surface area contributed by atoms with Crippen molar-refractivity contribution in [1.29, 1.82) is 0 Å². The van der Waals surface area contributed by atoms with E-state index >= 15 is 0 Å². The smallest absolute Gasteiger partial charge is 0.335 e. The van der Waals surface area contributed by atoms with E-state index in [2.05, 4.69) is 4.72 Å². The fraction of sp³-hybridized carbons (Fsp3) is 0.154. The zero-order valence-corrected chi connectivity index (χ0v) is 12.1. The maximum atomic E-state index is 11.8. The summed E-state index contributed by atoms with van der Waals surface area (Å²) in [5.41, 5.74) is 1.09. The van der Waals surface area contributed by atoms with Crippen LogP contribution in [0.25, 0.3) is 0 Å². The molecule has 1 aromatic heterocycles. The number of hydrogen-bond acceptors (Lipinski definition) is 4. The fourth-order valence-electron chi connectivity index (χ4n) is 1.63. The van der Waals surface area contributed by atoms with Crippen LogP contribution < -0.4 is 4.72 Å². The van der Waals surface area contributed by atoms with Crippen molar-refractivity contribution in [3.8, 4) is 0 Å². The van der Waals surface area contributed by atoms with E-state index in [0.29, 0.717) is 6.42 Å². The van der Waals surface area contributed by atoms with E-state index in [1.54, 1.807) is 29.0 Å². The van der Waals surface area contributed by atoms with Crippen LogP contribution in [0, 0.1) is 0 Å². The highest BCUT2D eigenvalue weighted by Gasteiger charge is 2.13. The lowest BCUT2D eigenvalue weighted by atomic mass is 10.1. The summed E-state index contributed by atoms with van der Waals surface area (Å²) in [5, 5.41) is 12.1. The maximum Gasteiger partial charge on any atom is 0.335 e. The molecule has 0 amide bonds. The van der Waals surface area contributed by atoms with Crippen LogP contribution in [-0.2, 0) is 16.4 Å². The van der Waals surface area contributed by atoms with Crippen molar-refractivity contribution in [2.24, 2.45) is 0 Å². The van der Waals surface area contributed by atoms with Crippen molar-refractivity contribution >= 4 is 27.3 Å². The van der Waals surface area contributed by atoms with Gasteiger partial charge in [0.2, 0.25) is 10.0 Å². The Morgan fingerprint density at radius 2 is 1.90 bits per heavy atom. The number of hydrogen-bond donors (Lipinski definition) is 2. The average molecular weight is 311 g/mol. The van der Waals surface area contributed by atoms with Crippen LogP contribution in [0.5, 0.6) is 0 Å². The Morgan fingerprint density at radius 3 is 2.45 bits per heavy atom. The van der Waals surface area contributed by atoms with Crippen LogP contribution >= 0.6 is 11.3 Å². The van der Waals surface area contributed by atoms with Gasteiger partial charge in [-0.25, -0.2) is 17.9 Å². The average Bonchev–Trinajstić information content (AvgIpc) is 2.94. The lowest BCUT2D eigenvalue weighted by Crippen LogP contribution is -2.25. The number of rotatable bonds is 6. The topological polar surface area (TPSA) is 83.5 Å². The lowest BCUT2D eigenvalue weighted by molar-refractivity contribution is 0.0697. The van der Waals surface area contributed by atoms with E-state index in [0.717, 1.165) is 5.56 Å². The highest BCUT2D eigenvalue weighted by molar-refractivity contribution is 7.89. The van der Waals surface area contributed by atoms with Gasteiger partial charge in [0.15, 0.2) is 0 Å². The second-order valence-electron chi connectivity index (χ2n) is 4.11. The first-order valence-electron chi connectivity index (χ1n) is 5.83. The largest absolute Gasteiger partial charge is 0.478 e. The Balaban J connectivity index is 1.92. The molecule has 0 unspecified atom stereocenters. The number of carbonyl (C=O) groups is 1. The van der Waals surface area contributed by atoms with Gasteiger partial charge < -0.3 is 5.11 Å². The molecule has 0 bridgehead atoms. The zero-order chi connectivity index (χ0) is 14.6. The second kappa shape index (κ2) is 6.17. The fourth-order valence-corrected chi connectivity index (χ4v) is 3.69. The minimum Gasteiger partial charge on any atom is -0.478 e. The lowest BCUT2D eigenvalue weighted by Gasteiger charge is -2.05. The molecule has 0 aliphatic carbocycles. The molecule has 0 radical (unpaired) electrons. The van der Waals surface area contributed by atoms with Crippen molar-refractivity contribution in [3.63, 3.8) is 0 Å². The quantitative estimate of drug-likeness (QED) is 0.854. The van der Waals surface area contributed by atoms with Crippen LogP contribution in [0.4, 0.5) is 0 Å². The van der Waals surface area contributed by atoms with Gasteiger partial charge in [0, 0.05) is 11.9 Å². The third-order valence-corrected chi connectivity index (χ3v) is 5.00. The van der Waals surface area contributed by atoms with Gasteiger partial charge in [0.05, 0.1) is 10.5 Å². The summed E-state index contributed by atoms with van der Waals surface area (Å²) in [6.45, 7) is 0.268. The standard InChI is InChI=1S/C13H13NO4S2/c15-13(16)11-3-1-10(2-4-11)5-7-14-20(17,18)12-6-8-19-9-12/h1-4,6,8-9,14H,5,7H2,(H,15,16). The van der Waals surface area contributed by atoms with Crippen molar-refractivity contribution in [2.45, 2.75) is 11.3 Å². The number of carboxylic acids is 1. The molecule has 7 heteroatoms. The molecule has 2 N–H and O–H groups in total. The third-order valence-electron chi connectivity index (χ3n) is 2.71. The van der Waals surface area contributed by atoms with Gasteiger partial charge >= 0.3 is 5.97 Å². The van der Waals surface area contributed by atoms with E-state index in [1.807, 2.05) is 0 Å². The molecule has 20 heavy (non-hydrogen) atoms. The van der Waals surface area contributed by atoms with Crippen LogP contribution in [-0.4, -0.2) is 26.0 Å². The van der Waals surface area contributed by atoms with Gasteiger partial charge in [0.1, 0.15) is 0 Å². The van der Waals surface area contributed by atoms with Gasteiger partial charge in [-0.3, -0.25) is 0 Å². The van der Waals surface area contributed by atoms with Gasteiger partial charge in [0.25, 0.3) is 0 Å². The molecule has 0 aliphatic heterocycles. The monoisotopic (exact) mass is 311 g/mol. The summed E-state index contributed by atoms with van der Waals surface area (Å²) in [6.07, 6.45) is 0.503. The van der Waals surface area contributed by atoms with Crippen molar-refractivity contribution in [2.75, 3.05) is 6.54 Å². The molecule has 2 aromatic rings. The van der Waals surface area contributed by atoms with Gasteiger partial charge in [-0.05, 0) is 35.6 Å². The Hall–Kier alpha value is -1.70. The van der Waals surface area contributed by atoms with E-state index in [9.17, 15) is 13.2 Å². The summed E-state index contributed by atoms with van der Waals surface area (Å²) < 4.78 is 26.2. The van der Waals surface area contributed by atoms with E-state index in [4.69, 9.17) is 5.11 Å². The van der Waals surface area contributed by atoms with E-state index in [1.165, 1.54) is 23.5 Å². The van der Waals surface area contributed by atoms with Crippen molar-refractivity contribution < 1.29 is 18.3 Å². The highest BCUT2D eigenvalue weighted by atomic mass is 32.2. The van der Waals surface area contributed by atoms with Crippen LogP contribution in [0.2, 0.25) is 0 Å². The first-order valence-corrected chi connectivity index (χ1v) is 8.26. The Bertz CT molecular complexity index is 676. The molecule has 5 nitrogen and oxygen atoms in total. The minimum absolute atomic E-state index is 0.215. The zero-order valence-electron chi connectivity index (χ0n) is 10.4. The normalized spacial score (nSPS) is 11.4. The molecule has 2 rings (SSSR count).